The number of aromatic hydroxyl groups is 1. The molecule has 3 N–H and O–H groups in total. The minimum Gasteiger partial charge on any atom is -0.507 e. The summed E-state index contributed by atoms with van der Waals surface area (Å²) >= 11 is 0. The van der Waals surface area contributed by atoms with E-state index in [0.717, 1.165) is 16.7 Å². The third kappa shape index (κ3) is 3.12. The van der Waals surface area contributed by atoms with Crippen molar-refractivity contribution in [2.75, 3.05) is 0 Å². The maximum atomic E-state index is 9.54. The molecule has 1 atom stereocenters. The van der Waals surface area contributed by atoms with Crippen molar-refractivity contribution in [2.24, 2.45) is 5.73 Å². The molecule has 0 bridgehead atoms. The van der Waals surface area contributed by atoms with Gasteiger partial charge in [0.15, 0.2) is 0 Å². The van der Waals surface area contributed by atoms with Gasteiger partial charge in [-0.3, -0.25) is 0 Å². The van der Waals surface area contributed by atoms with Crippen LogP contribution >= 0.6 is 12.4 Å². The second-order valence-electron chi connectivity index (χ2n) is 3.47. The van der Waals surface area contributed by atoms with E-state index in [1.807, 2.05) is 32.0 Å². The van der Waals surface area contributed by atoms with Crippen LogP contribution in [-0.2, 0) is 0 Å². The topological polar surface area (TPSA) is 70.0 Å². The Morgan fingerprint density at radius 3 is 2.27 bits per heavy atom. The Balaban J connectivity index is 0.00000196. The highest BCUT2D eigenvalue weighted by Crippen LogP contribution is 2.26. The van der Waals surface area contributed by atoms with Gasteiger partial charge in [0.05, 0.1) is 12.5 Å². The van der Waals surface area contributed by atoms with Crippen molar-refractivity contribution in [2.45, 2.75) is 26.3 Å². The summed E-state index contributed by atoms with van der Waals surface area (Å²) in [6.07, 6.45) is 0.295. The second kappa shape index (κ2) is 5.59. The molecule has 3 nitrogen and oxygen atoms in total. The van der Waals surface area contributed by atoms with Gasteiger partial charge in [-0.25, -0.2) is 0 Å². The fraction of sp³-hybridized carbons (Fsp3) is 0.364. The van der Waals surface area contributed by atoms with Crippen molar-refractivity contribution >= 4 is 12.4 Å². The number of rotatable bonds is 2. The first kappa shape index (κ1) is 13.8. The highest BCUT2D eigenvalue weighted by atomic mass is 35.5. The van der Waals surface area contributed by atoms with E-state index in [1.54, 1.807) is 0 Å². The third-order valence-electron chi connectivity index (χ3n) is 2.25. The number of nitrogens with two attached hydrogens (primary N) is 1. The zero-order chi connectivity index (χ0) is 10.7. The first-order valence-corrected chi connectivity index (χ1v) is 4.49. The Hall–Kier alpha value is -1.24. The summed E-state index contributed by atoms with van der Waals surface area (Å²) in [7, 11) is 0. The molecule has 15 heavy (non-hydrogen) atoms. The van der Waals surface area contributed by atoms with Gasteiger partial charge in [-0.2, -0.15) is 5.26 Å². The van der Waals surface area contributed by atoms with Crippen LogP contribution in [0.15, 0.2) is 12.1 Å². The number of hydrogen-bond acceptors (Lipinski definition) is 3. The number of phenols is 1. The van der Waals surface area contributed by atoms with E-state index in [1.165, 1.54) is 0 Å². The van der Waals surface area contributed by atoms with Crippen molar-refractivity contribution in [3.05, 3.63) is 28.8 Å². The highest BCUT2D eigenvalue weighted by Gasteiger charge is 2.09. The molecular formula is C11H15ClN2O. The van der Waals surface area contributed by atoms with Crippen LogP contribution in [0.25, 0.3) is 0 Å². The van der Waals surface area contributed by atoms with Gasteiger partial charge in [0.1, 0.15) is 5.75 Å². The van der Waals surface area contributed by atoms with Crippen molar-refractivity contribution in [1.82, 2.24) is 0 Å². The Kier molecular flexibility index (Phi) is 5.13. The third-order valence-corrected chi connectivity index (χ3v) is 2.25. The minimum atomic E-state index is -0.266. The molecule has 0 aliphatic heterocycles. The molecule has 0 fully saturated rings. The Bertz CT molecular complexity index is 362. The smallest absolute Gasteiger partial charge is 0.121 e. The molecule has 0 amide bonds. The van der Waals surface area contributed by atoms with Gasteiger partial charge in [0.25, 0.3) is 0 Å². The van der Waals surface area contributed by atoms with Crippen LogP contribution in [0.5, 0.6) is 5.75 Å². The summed E-state index contributed by atoms with van der Waals surface area (Å²) in [5.74, 6) is 0.304. The molecule has 0 aliphatic rings. The summed E-state index contributed by atoms with van der Waals surface area (Å²) < 4.78 is 0. The van der Waals surface area contributed by atoms with Gasteiger partial charge in [0.2, 0.25) is 0 Å². The zero-order valence-electron chi connectivity index (χ0n) is 8.82. The van der Waals surface area contributed by atoms with Crippen LogP contribution in [0.3, 0.4) is 0 Å². The lowest BCUT2D eigenvalue weighted by molar-refractivity contribution is 0.466. The molecule has 0 aromatic heterocycles. The lowest BCUT2D eigenvalue weighted by atomic mass is 9.99. The molecule has 1 rings (SSSR count). The molecule has 0 spiro atoms. The molecule has 0 saturated heterocycles. The van der Waals surface area contributed by atoms with Crippen molar-refractivity contribution in [3.8, 4) is 11.8 Å². The SMILES string of the molecule is Cc1cc([C@H](N)CC#N)cc(C)c1O.Cl. The molecule has 0 aliphatic carbocycles. The van der Waals surface area contributed by atoms with E-state index in [-0.39, 0.29) is 18.4 Å². The van der Waals surface area contributed by atoms with E-state index in [9.17, 15) is 5.11 Å². The molecule has 0 unspecified atom stereocenters. The van der Waals surface area contributed by atoms with Crippen LogP contribution in [0.1, 0.15) is 29.2 Å². The number of halogens is 1. The largest absolute Gasteiger partial charge is 0.507 e. The molecule has 82 valence electrons. The van der Waals surface area contributed by atoms with Crippen molar-refractivity contribution in [1.29, 1.82) is 5.26 Å². The molecular weight excluding hydrogens is 212 g/mol. The zero-order valence-corrected chi connectivity index (χ0v) is 9.64. The van der Waals surface area contributed by atoms with Gasteiger partial charge >= 0.3 is 0 Å². The quantitative estimate of drug-likeness (QED) is 0.813. The predicted molar refractivity (Wildman–Crippen MR) is 62.0 cm³/mol. The molecule has 0 radical (unpaired) electrons. The van der Waals surface area contributed by atoms with Crippen LogP contribution in [0.2, 0.25) is 0 Å². The summed E-state index contributed by atoms with van der Waals surface area (Å²) in [6, 6.07) is 5.41. The molecule has 0 saturated carbocycles. The maximum absolute atomic E-state index is 9.54. The Morgan fingerprint density at radius 1 is 1.40 bits per heavy atom. The summed E-state index contributed by atoms with van der Waals surface area (Å²) in [5.41, 5.74) is 8.29. The number of aryl methyl sites for hydroxylation is 2. The molecule has 4 heteroatoms. The normalized spacial score (nSPS) is 11.3. The van der Waals surface area contributed by atoms with Gasteiger partial charge in [-0.1, -0.05) is 12.1 Å². The van der Waals surface area contributed by atoms with E-state index in [2.05, 4.69) is 0 Å². The van der Waals surface area contributed by atoms with E-state index >= 15 is 0 Å². The number of phenolic OH excluding ortho intramolecular Hbond substituents is 1. The molecule has 1 aromatic rings. The number of nitrogens with zero attached hydrogens (tertiary/aromatic N) is 1. The van der Waals surface area contributed by atoms with E-state index in [0.29, 0.717) is 12.2 Å². The lowest BCUT2D eigenvalue weighted by Gasteiger charge is -2.11. The van der Waals surface area contributed by atoms with E-state index < -0.39 is 0 Å². The summed E-state index contributed by atoms with van der Waals surface area (Å²) in [4.78, 5) is 0. The average molecular weight is 227 g/mol. The monoisotopic (exact) mass is 226 g/mol. The van der Waals surface area contributed by atoms with Crippen LogP contribution in [0, 0.1) is 25.2 Å². The minimum absolute atomic E-state index is 0. The van der Waals surface area contributed by atoms with Crippen LogP contribution in [-0.4, -0.2) is 5.11 Å². The first-order valence-electron chi connectivity index (χ1n) is 4.49. The van der Waals surface area contributed by atoms with Gasteiger partial charge in [-0.15, -0.1) is 12.4 Å². The Morgan fingerprint density at radius 2 is 1.87 bits per heavy atom. The van der Waals surface area contributed by atoms with Crippen molar-refractivity contribution < 1.29 is 5.11 Å². The molecule has 1 aromatic carbocycles. The van der Waals surface area contributed by atoms with Crippen molar-refractivity contribution in [3.63, 3.8) is 0 Å². The Labute approximate surface area is 95.9 Å². The lowest BCUT2D eigenvalue weighted by Crippen LogP contribution is -2.09. The predicted octanol–water partition coefficient (Wildman–Crippen LogP) is 2.34. The average Bonchev–Trinajstić information content (AvgIpc) is 2.13. The first-order chi connectivity index (χ1) is 6.56. The summed E-state index contributed by atoms with van der Waals surface area (Å²) in [5, 5.41) is 18.0. The fourth-order valence-electron chi connectivity index (χ4n) is 1.42. The van der Waals surface area contributed by atoms with Gasteiger partial charge < -0.3 is 10.8 Å². The van der Waals surface area contributed by atoms with Crippen LogP contribution in [0.4, 0.5) is 0 Å². The number of benzene rings is 1. The highest BCUT2D eigenvalue weighted by molar-refractivity contribution is 5.85. The number of nitriles is 1. The maximum Gasteiger partial charge on any atom is 0.121 e. The second-order valence-corrected chi connectivity index (χ2v) is 3.47. The van der Waals surface area contributed by atoms with Crippen LogP contribution < -0.4 is 5.73 Å². The standard InChI is InChI=1S/C11H14N2O.ClH/c1-7-5-9(10(13)3-4-12)6-8(2)11(7)14;/h5-6,10,14H,3,13H2,1-2H3;1H/t10-;/m1./s1. The van der Waals surface area contributed by atoms with E-state index in [4.69, 9.17) is 11.0 Å². The molecule has 0 heterocycles. The fourth-order valence-corrected chi connectivity index (χ4v) is 1.42. The summed E-state index contributed by atoms with van der Waals surface area (Å²) in [6.45, 7) is 3.65. The number of hydrogen-bond donors (Lipinski definition) is 2. The van der Waals surface area contributed by atoms with Gasteiger partial charge in [-0.05, 0) is 30.5 Å². The van der Waals surface area contributed by atoms with Gasteiger partial charge in [0, 0.05) is 6.04 Å².